The number of hydrogen-bond donors (Lipinski definition) is 0. The third-order valence-corrected chi connectivity index (χ3v) is 11.2. The van der Waals surface area contributed by atoms with Crippen LogP contribution in [0.25, 0.3) is 116 Å². The molecule has 0 saturated carbocycles. The lowest BCUT2D eigenvalue weighted by Crippen LogP contribution is -2.01. The average molecular weight is 715 g/mol. The van der Waals surface area contributed by atoms with Gasteiger partial charge in [0, 0.05) is 49.1 Å². The molecule has 3 aromatic heterocycles. The van der Waals surface area contributed by atoms with E-state index in [1.165, 1.54) is 10.8 Å². The highest BCUT2D eigenvalue weighted by molar-refractivity contribution is 6.31. The number of fused-ring (bicyclic) bond motifs is 12. The molecule has 260 valence electrons. The highest BCUT2D eigenvalue weighted by Crippen LogP contribution is 2.45. The van der Waals surface area contributed by atoms with Gasteiger partial charge in [-0.05, 0) is 57.9 Å². The Morgan fingerprint density at radius 1 is 0.357 bits per heavy atom. The predicted molar refractivity (Wildman–Crippen MR) is 230 cm³/mol. The Balaban J connectivity index is 1.21. The monoisotopic (exact) mass is 714 g/mol. The first-order chi connectivity index (χ1) is 27.8. The first kappa shape index (κ1) is 30.8. The molecule has 0 aliphatic rings. The highest BCUT2D eigenvalue weighted by atomic mass is 16.3. The molecular formula is C51H30N4O. The van der Waals surface area contributed by atoms with Crippen LogP contribution in [-0.4, -0.2) is 19.5 Å². The molecule has 0 amide bonds. The summed E-state index contributed by atoms with van der Waals surface area (Å²) in [5, 5.41) is 11.2. The molecule has 0 atom stereocenters. The normalized spacial score (nSPS) is 11.9. The third-order valence-electron chi connectivity index (χ3n) is 11.2. The van der Waals surface area contributed by atoms with Crippen molar-refractivity contribution in [2.24, 2.45) is 0 Å². The van der Waals surface area contributed by atoms with Gasteiger partial charge < -0.3 is 8.98 Å². The Morgan fingerprint density at radius 3 is 1.79 bits per heavy atom. The molecule has 5 nitrogen and oxygen atoms in total. The highest BCUT2D eigenvalue weighted by Gasteiger charge is 2.24. The summed E-state index contributed by atoms with van der Waals surface area (Å²) in [5.74, 6) is 1.76. The van der Waals surface area contributed by atoms with Crippen LogP contribution < -0.4 is 0 Å². The SMILES string of the molecule is c1ccc(-c2nc(-c3cc4ccc5ccccc5c4c4c3oc3c5ccccc5ccc34)nc(-c3cccc4c3c3ccccc3n4-c3ccccc3)n2)cc1. The van der Waals surface area contributed by atoms with E-state index in [2.05, 4.69) is 168 Å². The van der Waals surface area contributed by atoms with Crippen LogP contribution in [0.2, 0.25) is 0 Å². The van der Waals surface area contributed by atoms with Crippen LogP contribution in [-0.2, 0) is 0 Å². The maximum atomic E-state index is 7.08. The van der Waals surface area contributed by atoms with Gasteiger partial charge in [-0.15, -0.1) is 0 Å². The molecule has 0 radical (unpaired) electrons. The Kier molecular flexibility index (Phi) is 6.56. The number of hydrogen-bond acceptors (Lipinski definition) is 4. The first-order valence-electron chi connectivity index (χ1n) is 18.9. The smallest absolute Gasteiger partial charge is 0.167 e. The van der Waals surface area contributed by atoms with E-state index in [1.807, 2.05) is 18.2 Å². The summed E-state index contributed by atoms with van der Waals surface area (Å²) in [4.78, 5) is 15.9. The van der Waals surface area contributed by atoms with Crippen molar-refractivity contribution in [3.8, 4) is 39.9 Å². The van der Waals surface area contributed by atoms with Crippen LogP contribution >= 0.6 is 0 Å². The molecule has 0 saturated heterocycles. The van der Waals surface area contributed by atoms with Crippen molar-refractivity contribution in [2.45, 2.75) is 0 Å². The molecule has 0 aliphatic heterocycles. The van der Waals surface area contributed by atoms with Crippen molar-refractivity contribution < 1.29 is 4.42 Å². The van der Waals surface area contributed by atoms with E-state index in [-0.39, 0.29) is 0 Å². The van der Waals surface area contributed by atoms with E-state index in [0.717, 1.165) is 87.7 Å². The largest absolute Gasteiger partial charge is 0.455 e. The van der Waals surface area contributed by atoms with E-state index in [9.17, 15) is 0 Å². The Labute approximate surface area is 320 Å². The van der Waals surface area contributed by atoms with E-state index in [4.69, 9.17) is 19.4 Å². The summed E-state index contributed by atoms with van der Waals surface area (Å²) >= 11 is 0. The molecule has 0 aliphatic carbocycles. The summed E-state index contributed by atoms with van der Waals surface area (Å²) in [5.41, 5.74) is 7.59. The zero-order chi connectivity index (χ0) is 36.7. The van der Waals surface area contributed by atoms with Gasteiger partial charge >= 0.3 is 0 Å². The minimum Gasteiger partial charge on any atom is -0.455 e. The van der Waals surface area contributed by atoms with Crippen LogP contribution in [0.1, 0.15) is 0 Å². The number of aromatic nitrogens is 4. The molecule has 9 aromatic carbocycles. The molecular weight excluding hydrogens is 685 g/mol. The fraction of sp³-hybridized carbons (Fsp3) is 0. The number of rotatable bonds is 4. The molecule has 56 heavy (non-hydrogen) atoms. The fourth-order valence-corrected chi connectivity index (χ4v) is 8.73. The molecule has 0 fully saturated rings. The molecule has 5 heteroatoms. The summed E-state index contributed by atoms with van der Waals surface area (Å²) in [7, 11) is 0. The lowest BCUT2D eigenvalue weighted by atomic mass is 9.94. The summed E-state index contributed by atoms with van der Waals surface area (Å²) in [6.45, 7) is 0. The molecule has 0 spiro atoms. The van der Waals surface area contributed by atoms with E-state index < -0.39 is 0 Å². The predicted octanol–water partition coefficient (Wildman–Crippen LogP) is 13.3. The van der Waals surface area contributed by atoms with Gasteiger partial charge in [0.2, 0.25) is 0 Å². The molecule has 0 bridgehead atoms. The minimum atomic E-state index is 0.557. The van der Waals surface area contributed by atoms with Crippen LogP contribution in [0.4, 0.5) is 0 Å². The van der Waals surface area contributed by atoms with Crippen molar-refractivity contribution >= 4 is 76.1 Å². The van der Waals surface area contributed by atoms with Crippen molar-refractivity contribution in [3.05, 3.63) is 182 Å². The lowest BCUT2D eigenvalue weighted by molar-refractivity contribution is 0.673. The van der Waals surface area contributed by atoms with E-state index in [1.54, 1.807) is 0 Å². The van der Waals surface area contributed by atoms with Gasteiger partial charge in [0.15, 0.2) is 17.5 Å². The Hall–Kier alpha value is -7.63. The van der Waals surface area contributed by atoms with Gasteiger partial charge in [-0.25, -0.2) is 15.0 Å². The number of nitrogens with zero attached hydrogens (tertiary/aromatic N) is 4. The molecule has 3 heterocycles. The standard InChI is InChI=1S/C51H30N4O/c1-3-16-33(17-4-1)49-52-50(40-23-13-25-43-45(40)38-22-11-12-24-42(38)55(43)35-18-5-2-6-19-35)54-51(53-49)41-30-34-27-26-31-14-7-9-20-36(31)44(34)46-39-29-28-32-15-8-10-21-37(32)47(39)56-48(41)46/h1-30H. The fourth-order valence-electron chi connectivity index (χ4n) is 8.73. The average Bonchev–Trinajstić information content (AvgIpc) is 3.83. The third kappa shape index (κ3) is 4.52. The summed E-state index contributed by atoms with van der Waals surface area (Å²) in [6, 6.07) is 63.7. The van der Waals surface area contributed by atoms with Gasteiger partial charge in [-0.1, -0.05) is 146 Å². The lowest BCUT2D eigenvalue weighted by Gasteiger charge is -2.12. The quantitative estimate of drug-likeness (QED) is 0.170. The zero-order valence-electron chi connectivity index (χ0n) is 30.0. The first-order valence-corrected chi connectivity index (χ1v) is 18.9. The summed E-state index contributed by atoms with van der Waals surface area (Å²) in [6.07, 6.45) is 0. The molecule has 12 aromatic rings. The Bertz CT molecular complexity index is 3530. The maximum absolute atomic E-state index is 7.08. The summed E-state index contributed by atoms with van der Waals surface area (Å²) < 4.78 is 9.40. The van der Waals surface area contributed by atoms with Crippen molar-refractivity contribution in [1.29, 1.82) is 0 Å². The topological polar surface area (TPSA) is 56.7 Å². The minimum absolute atomic E-state index is 0.557. The Morgan fingerprint density at radius 2 is 0.964 bits per heavy atom. The van der Waals surface area contributed by atoms with Crippen molar-refractivity contribution in [3.63, 3.8) is 0 Å². The second kappa shape index (κ2) is 11.9. The number of benzene rings is 9. The molecule has 12 rings (SSSR count). The number of furan rings is 1. The van der Waals surface area contributed by atoms with Crippen LogP contribution in [0.15, 0.2) is 186 Å². The van der Waals surface area contributed by atoms with E-state index >= 15 is 0 Å². The van der Waals surface area contributed by atoms with Crippen LogP contribution in [0, 0.1) is 0 Å². The van der Waals surface area contributed by atoms with Crippen molar-refractivity contribution in [1.82, 2.24) is 19.5 Å². The van der Waals surface area contributed by atoms with E-state index in [0.29, 0.717) is 17.5 Å². The van der Waals surface area contributed by atoms with Gasteiger partial charge in [0.1, 0.15) is 11.2 Å². The zero-order valence-corrected chi connectivity index (χ0v) is 30.0. The second-order valence-corrected chi connectivity index (χ2v) is 14.3. The maximum Gasteiger partial charge on any atom is 0.167 e. The van der Waals surface area contributed by atoms with Gasteiger partial charge in [0.25, 0.3) is 0 Å². The van der Waals surface area contributed by atoms with Crippen LogP contribution in [0.5, 0.6) is 0 Å². The molecule has 0 N–H and O–H groups in total. The van der Waals surface area contributed by atoms with Gasteiger partial charge in [-0.2, -0.15) is 0 Å². The van der Waals surface area contributed by atoms with Crippen LogP contribution in [0.3, 0.4) is 0 Å². The van der Waals surface area contributed by atoms with Crippen molar-refractivity contribution in [2.75, 3.05) is 0 Å². The van der Waals surface area contributed by atoms with Gasteiger partial charge in [-0.3, -0.25) is 0 Å². The molecule has 0 unspecified atom stereocenters. The second-order valence-electron chi connectivity index (χ2n) is 14.3. The van der Waals surface area contributed by atoms with Gasteiger partial charge in [0.05, 0.1) is 16.6 Å². The number of para-hydroxylation sites is 2.